The molecule has 0 bridgehead atoms. The molecule has 1 aromatic carbocycles. The third-order valence-electron chi connectivity index (χ3n) is 3.44. The molecule has 0 aliphatic carbocycles. The van der Waals surface area contributed by atoms with Crippen LogP contribution in [0.5, 0.6) is 11.8 Å². The predicted molar refractivity (Wildman–Crippen MR) is 131 cm³/mol. The summed E-state index contributed by atoms with van der Waals surface area (Å²) in [7, 11) is 1.54. The Morgan fingerprint density at radius 2 is 1.68 bits per heavy atom. The van der Waals surface area contributed by atoms with Crippen molar-refractivity contribution in [3.63, 3.8) is 0 Å². The summed E-state index contributed by atoms with van der Waals surface area (Å²) in [5.74, 6) is 13.4. The van der Waals surface area contributed by atoms with Crippen molar-refractivity contribution in [3.05, 3.63) is 54.4 Å². The van der Waals surface area contributed by atoms with E-state index < -0.39 is 0 Å². The molecule has 2 aromatic rings. The van der Waals surface area contributed by atoms with Crippen LogP contribution in [0.25, 0.3) is 5.57 Å². The Hall–Kier alpha value is -3.24. The van der Waals surface area contributed by atoms with Gasteiger partial charge in [-0.25, -0.2) is 9.97 Å². The monoisotopic (exact) mass is 420 g/mol. The third-order valence-corrected chi connectivity index (χ3v) is 3.44. The predicted octanol–water partition coefficient (Wildman–Crippen LogP) is 6.28. The van der Waals surface area contributed by atoms with Gasteiger partial charge in [0.2, 0.25) is 0 Å². The summed E-state index contributed by atoms with van der Waals surface area (Å²) in [6.45, 7) is 16.7. The molecule has 0 fully saturated rings. The van der Waals surface area contributed by atoms with Crippen LogP contribution in [0.3, 0.4) is 0 Å². The number of ether oxygens (including phenoxy) is 2. The molecule has 1 aromatic heterocycles. The molecule has 0 amide bonds. The van der Waals surface area contributed by atoms with E-state index in [2.05, 4.69) is 61.0 Å². The highest BCUT2D eigenvalue weighted by Gasteiger charge is 2.03. The second kappa shape index (κ2) is 13.9. The van der Waals surface area contributed by atoms with Crippen molar-refractivity contribution in [2.75, 3.05) is 13.7 Å². The first kappa shape index (κ1) is 27.8. The molecule has 2 rings (SSSR count). The number of hydrogen-bond acceptors (Lipinski definition) is 4. The molecule has 0 aliphatic rings. The van der Waals surface area contributed by atoms with Crippen molar-refractivity contribution in [1.29, 1.82) is 0 Å². The van der Waals surface area contributed by atoms with E-state index in [1.54, 1.807) is 12.4 Å². The fourth-order valence-corrected chi connectivity index (χ4v) is 1.97. The summed E-state index contributed by atoms with van der Waals surface area (Å²) in [5.41, 5.74) is 3.05. The fourth-order valence-electron chi connectivity index (χ4n) is 1.97. The van der Waals surface area contributed by atoms with Gasteiger partial charge in [0.05, 0.1) is 12.7 Å². The topological polar surface area (TPSA) is 44.2 Å². The van der Waals surface area contributed by atoms with Crippen LogP contribution in [0.4, 0.5) is 0 Å². The average Bonchev–Trinajstić information content (AvgIpc) is 2.70. The van der Waals surface area contributed by atoms with E-state index in [4.69, 9.17) is 9.47 Å². The summed E-state index contributed by atoms with van der Waals surface area (Å²) in [5, 5.41) is 0. The lowest BCUT2D eigenvalue weighted by molar-refractivity contribution is 0.369. The minimum absolute atomic E-state index is 0. The highest BCUT2D eigenvalue weighted by atomic mass is 16.5. The minimum Gasteiger partial charge on any atom is -0.481 e. The SMILES string of the molecule is C.C=C(C)c1ccc(OCC#CC(C)(C)C)cc1.COc1ncc(C#CC(C)C)cn1. The van der Waals surface area contributed by atoms with Crippen LogP contribution in [0.2, 0.25) is 0 Å². The Morgan fingerprint density at radius 1 is 1.10 bits per heavy atom. The fraction of sp³-hybridized carbons (Fsp3) is 0.407. The molecule has 0 unspecified atom stereocenters. The molecule has 0 spiro atoms. The van der Waals surface area contributed by atoms with Gasteiger partial charge in [0.25, 0.3) is 0 Å². The average molecular weight is 421 g/mol. The van der Waals surface area contributed by atoms with Crippen LogP contribution in [0.15, 0.2) is 43.2 Å². The molecule has 4 nitrogen and oxygen atoms in total. The van der Waals surface area contributed by atoms with Crippen LogP contribution in [0, 0.1) is 35.0 Å². The van der Waals surface area contributed by atoms with Crippen LogP contribution >= 0.6 is 0 Å². The van der Waals surface area contributed by atoms with Crippen molar-refractivity contribution < 1.29 is 9.47 Å². The maximum atomic E-state index is 5.53. The highest BCUT2D eigenvalue weighted by molar-refractivity contribution is 5.61. The molecule has 166 valence electrons. The summed E-state index contributed by atoms with van der Waals surface area (Å²) in [4.78, 5) is 7.88. The van der Waals surface area contributed by atoms with Gasteiger partial charge in [-0.15, -0.1) is 0 Å². The van der Waals surface area contributed by atoms with Gasteiger partial charge in [-0.1, -0.05) is 69.2 Å². The molecule has 31 heavy (non-hydrogen) atoms. The smallest absolute Gasteiger partial charge is 0.316 e. The second-order valence-corrected chi connectivity index (χ2v) is 8.03. The Labute approximate surface area is 189 Å². The number of hydrogen-bond donors (Lipinski definition) is 0. The Kier molecular flexibility index (Phi) is 12.4. The Bertz CT molecular complexity index is 914. The molecule has 0 atom stereocenters. The maximum Gasteiger partial charge on any atom is 0.316 e. The van der Waals surface area contributed by atoms with Gasteiger partial charge in [-0.3, -0.25) is 0 Å². The molecular formula is C27H36N2O2. The van der Waals surface area contributed by atoms with Crippen molar-refractivity contribution >= 4 is 5.57 Å². The van der Waals surface area contributed by atoms with Gasteiger partial charge in [-0.2, -0.15) is 0 Å². The van der Waals surface area contributed by atoms with E-state index in [1.165, 1.54) is 7.11 Å². The largest absolute Gasteiger partial charge is 0.481 e. The summed E-state index contributed by atoms with van der Waals surface area (Å²) in [6, 6.07) is 8.28. The summed E-state index contributed by atoms with van der Waals surface area (Å²) in [6.07, 6.45) is 3.31. The van der Waals surface area contributed by atoms with E-state index in [0.717, 1.165) is 22.4 Å². The number of nitrogens with zero attached hydrogens (tertiary/aromatic N) is 2. The summed E-state index contributed by atoms with van der Waals surface area (Å²) >= 11 is 0. The number of rotatable bonds is 4. The first-order valence-electron chi connectivity index (χ1n) is 9.87. The van der Waals surface area contributed by atoms with E-state index in [1.807, 2.05) is 45.0 Å². The molecular weight excluding hydrogens is 384 g/mol. The molecule has 4 heteroatoms. The number of aromatic nitrogens is 2. The summed E-state index contributed by atoms with van der Waals surface area (Å²) < 4.78 is 10.4. The second-order valence-electron chi connectivity index (χ2n) is 8.03. The molecule has 0 radical (unpaired) electrons. The van der Waals surface area contributed by atoms with Gasteiger partial charge in [0.1, 0.15) is 12.4 Å². The van der Waals surface area contributed by atoms with E-state index in [-0.39, 0.29) is 12.8 Å². The van der Waals surface area contributed by atoms with Gasteiger partial charge >= 0.3 is 6.01 Å². The minimum atomic E-state index is 0. The number of allylic oxidation sites excluding steroid dienone is 1. The number of methoxy groups -OCH3 is 1. The van der Waals surface area contributed by atoms with Crippen molar-refractivity contribution in [1.82, 2.24) is 9.97 Å². The zero-order valence-electron chi connectivity index (χ0n) is 19.2. The van der Waals surface area contributed by atoms with Crippen molar-refractivity contribution in [2.24, 2.45) is 11.3 Å². The van der Waals surface area contributed by atoms with E-state index >= 15 is 0 Å². The first-order valence-corrected chi connectivity index (χ1v) is 9.87. The first-order chi connectivity index (χ1) is 14.1. The van der Waals surface area contributed by atoms with Crippen LogP contribution < -0.4 is 9.47 Å². The van der Waals surface area contributed by atoms with Gasteiger partial charge in [-0.05, 0) is 45.4 Å². The van der Waals surface area contributed by atoms with Crippen LogP contribution in [-0.2, 0) is 0 Å². The normalized spacial score (nSPS) is 9.55. The van der Waals surface area contributed by atoms with Gasteiger partial charge in [0, 0.05) is 23.7 Å². The standard InChI is InChI=1S/C16H20O.C10H12N2O.CH4/c1-13(2)14-7-9-15(10-8-14)17-12-6-11-16(3,4)5;1-8(2)4-5-9-6-11-10(13-3)12-7-9;/h7-10H,1,12H2,2-5H3;6-8H,1-3H3;1H4. The lowest BCUT2D eigenvalue weighted by atomic mass is 9.98. The lowest BCUT2D eigenvalue weighted by Gasteiger charge is -2.07. The maximum absolute atomic E-state index is 5.53. The van der Waals surface area contributed by atoms with Gasteiger partial charge in [0.15, 0.2) is 0 Å². The molecule has 0 saturated carbocycles. The van der Waals surface area contributed by atoms with Crippen molar-refractivity contribution in [2.45, 2.75) is 49.0 Å². The zero-order valence-corrected chi connectivity index (χ0v) is 19.2. The molecule has 0 N–H and O–H groups in total. The lowest BCUT2D eigenvalue weighted by Crippen LogP contribution is -2.01. The van der Waals surface area contributed by atoms with E-state index in [9.17, 15) is 0 Å². The highest BCUT2D eigenvalue weighted by Crippen LogP contribution is 2.17. The zero-order chi connectivity index (χ0) is 22.6. The molecule has 0 saturated heterocycles. The quantitative estimate of drug-likeness (QED) is 0.546. The van der Waals surface area contributed by atoms with E-state index in [0.29, 0.717) is 18.5 Å². The van der Waals surface area contributed by atoms with Crippen LogP contribution in [-0.4, -0.2) is 23.7 Å². The molecule has 0 aliphatic heterocycles. The van der Waals surface area contributed by atoms with Crippen LogP contribution in [0.1, 0.15) is 60.1 Å². The third kappa shape index (κ3) is 12.8. The Morgan fingerprint density at radius 3 is 2.13 bits per heavy atom. The Balaban J connectivity index is 0.000000581. The molecule has 1 heterocycles. The van der Waals surface area contributed by atoms with Crippen molar-refractivity contribution in [3.8, 4) is 35.4 Å². The van der Waals surface area contributed by atoms with Gasteiger partial charge < -0.3 is 9.47 Å². The number of benzene rings is 1.